The lowest BCUT2D eigenvalue weighted by Gasteiger charge is -2.33. The molecule has 0 fully saturated rings. The number of carbonyl (C=O) groups excluding carboxylic acids is 1. The molecule has 2 atom stereocenters. The first-order valence-corrected chi connectivity index (χ1v) is 7.60. The molecular weight excluding hydrogens is 256 g/mol. The van der Waals surface area contributed by atoms with Crippen LogP contribution in [0.5, 0.6) is 0 Å². The smallest absolute Gasteiger partial charge is 0.326 e. The molecule has 0 spiro atoms. The summed E-state index contributed by atoms with van der Waals surface area (Å²) in [6, 6.07) is 0.345. The number of methoxy groups -OCH3 is 1. The number of nitrogens with zero attached hydrogens (tertiary/aromatic N) is 1. The summed E-state index contributed by atoms with van der Waals surface area (Å²) in [6.07, 6.45) is 0.724. The Bertz CT molecular complexity index is 274. The normalized spacial score (nSPS) is 15.9. The fourth-order valence-corrected chi connectivity index (χ4v) is 2.35. The van der Waals surface area contributed by atoms with Gasteiger partial charge < -0.3 is 14.8 Å². The zero-order chi connectivity index (χ0) is 15.6. The molecule has 0 aromatic rings. The summed E-state index contributed by atoms with van der Waals surface area (Å²) in [5.41, 5.74) is -0.620. The summed E-state index contributed by atoms with van der Waals surface area (Å²) in [5, 5.41) is 3.26. The average molecular weight is 288 g/mol. The molecule has 0 aromatic carbocycles. The lowest BCUT2D eigenvalue weighted by atomic mass is 9.97. The van der Waals surface area contributed by atoms with Crippen LogP contribution in [-0.2, 0) is 14.3 Å². The molecule has 0 aliphatic rings. The van der Waals surface area contributed by atoms with E-state index in [2.05, 4.69) is 24.1 Å². The van der Waals surface area contributed by atoms with Gasteiger partial charge in [-0.2, -0.15) is 0 Å². The highest BCUT2D eigenvalue weighted by atomic mass is 16.5. The van der Waals surface area contributed by atoms with Crippen molar-refractivity contribution in [3.63, 3.8) is 0 Å². The topological polar surface area (TPSA) is 50.8 Å². The van der Waals surface area contributed by atoms with Gasteiger partial charge in [-0.25, -0.2) is 0 Å². The summed E-state index contributed by atoms with van der Waals surface area (Å²) in [4.78, 5) is 14.4. The van der Waals surface area contributed by atoms with Crippen molar-refractivity contribution in [2.45, 2.75) is 52.6 Å². The molecule has 0 radical (unpaired) electrons. The van der Waals surface area contributed by atoms with Crippen molar-refractivity contribution in [1.82, 2.24) is 10.2 Å². The Kier molecular flexibility index (Phi) is 9.80. The largest absolute Gasteiger partial charge is 0.465 e. The Morgan fingerprint density at radius 1 is 1.35 bits per heavy atom. The van der Waals surface area contributed by atoms with E-state index < -0.39 is 5.54 Å². The van der Waals surface area contributed by atoms with Crippen molar-refractivity contribution in [3.05, 3.63) is 0 Å². The summed E-state index contributed by atoms with van der Waals surface area (Å²) in [5.74, 6) is -0.169. The molecule has 5 heteroatoms. The van der Waals surface area contributed by atoms with Gasteiger partial charge >= 0.3 is 5.97 Å². The van der Waals surface area contributed by atoms with Gasteiger partial charge in [0.1, 0.15) is 5.54 Å². The summed E-state index contributed by atoms with van der Waals surface area (Å²) >= 11 is 0. The minimum atomic E-state index is -0.620. The summed E-state index contributed by atoms with van der Waals surface area (Å²) < 4.78 is 10.4. The van der Waals surface area contributed by atoms with Gasteiger partial charge in [-0.1, -0.05) is 13.8 Å². The molecule has 20 heavy (non-hydrogen) atoms. The average Bonchev–Trinajstić information content (AvgIpc) is 2.40. The van der Waals surface area contributed by atoms with E-state index in [0.717, 1.165) is 26.1 Å². The van der Waals surface area contributed by atoms with Crippen LogP contribution in [0.3, 0.4) is 0 Å². The molecule has 5 nitrogen and oxygen atoms in total. The third-order valence-corrected chi connectivity index (χ3v) is 3.63. The van der Waals surface area contributed by atoms with Gasteiger partial charge in [-0.3, -0.25) is 9.69 Å². The van der Waals surface area contributed by atoms with Crippen molar-refractivity contribution in [2.24, 2.45) is 0 Å². The fourth-order valence-electron chi connectivity index (χ4n) is 2.35. The lowest BCUT2D eigenvalue weighted by molar-refractivity contribution is -0.151. The molecule has 2 unspecified atom stereocenters. The Labute approximate surface area is 124 Å². The van der Waals surface area contributed by atoms with Gasteiger partial charge in [0, 0.05) is 19.7 Å². The maximum absolute atomic E-state index is 12.1. The standard InChI is InChI=1S/C15H32N2O3/c1-7-16-15(5,14(18)20-9-3)10-11-17(8-2)13(4)12-19-6/h13,16H,7-12H2,1-6H3. The molecule has 0 saturated carbocycles. The van der Waals surface area contributed by atoms with Crippen LogP contribution < -0.4 is 5.32 Å². The quantitative estimate of drug-likeness (QED) is 0.586. The summed E-state index contributed by atoms with van der Waals surface area (Å²) in [6.45, 7) is 13.7. The van der Waals surface area contributed by atoms with Gasteiger partial charge in [0.05, 0.1) is 13.2 Å². The minimum Gasteiger partial charge on any atom is -0.465 e. The number of likely N-dealkylation sites (N-methyl/N-ethyl adjacent to an activating group) is 2. The predicted octanol–water partition coefficient (Wildman–Crippen LogP) is 1.66. The highest BCUT2D eigenvalue weighted by molar-refractivity contribution is 5.80. The Morgan fingerprint density at radius 3 is 2.45 bits per heavy atom. The third-order valence-electron chi connectivity index (χ3n) is 3.63. The predicted molar refractivity (Wildman–Crippen MR) is 81.9 cm³/mol. The van der Waals surface area contributed by atoms with Crippen LogP contribution in [0.15, 0.2) is 0 Å². The first-order valence-electron chi connectivity index (χ1n) is 7.60. The molecular formula is C15H32N2O3. The number of carbonyl (C=O) groups is 1. The van der Waals surface area contributed by atoms with Gasteiger partial charge in [-0.05, 0) is 40.3 Å². The van der Waals surface area contributed by atoms with E-state index in [9.17, 15) is 4.79 Å². The maximum atomic E-state index is 12.1. The molecule has 0 aliphatic heterocycles. The third kappa shape index (κ3) is 6.20. The number of rotatable bonds is 11. The second kappa shape index (κ2) is 10.1. The summed E-state index contributed by atoms with van der Waals surface area (Å²) in [7, 11) is 1.71. The Morgan fingerprint density at radius 2 is 2.00 bits per heavy atom. The van der Waals surface area contributed by atoms with E-state index in [1.165, 1.54) is 0 Å². The first kappa shape index (κ1) is 19.4. The number of nitrogens with one attached hydrogen (secondary N) is 1. The highest BCUT2D eigenvalue weighted by Gasteiger charge is 2.34. The molecule has 0 heterocycles. The minimum absolute atomic E-state index is 0.169. The van der Waals surface area contributed by atoms with Crippen molar-refractivity contribution < 1.29 is 14.3 Å². The van der Waals surface area contributed by atoms with Crippen LogP contribution in [0.2, 0.25) is 0 Å². The van der Waals surface area contributed by atoms with Gasteiger partial charge in [0.2, 0.25) is 0 Å². The highest BCUT2D eigenvalue weighted by Crippen LogP contribution is 2.14. The van der Waals surface area contributed by atoms with Crippen molar-refractivity contribution in [3.8, 4) is 0 Å². The van der Waals surface area contributed by atoms with Gasteiger partial charge in [0.25, 0.3) is 0 Å². The van der Waals surface area contributed by atoms with E-state index in [-0.39, 0.29) is 5.97 Å². The van der Waals surface area contributed by atoms with Crippen molar-refractivity contribution >= 4 is 5.97 Å². The van der Waals surface area contributed by atoms with E-state index in [0.29, 0.717) is 19.3 Å². The van der Waals surface area contributed by atoms with Crippen LogP contribution in [0.4, 0.5) is 0 Å². The molecule has 0 bridgehead atoms. The van der Waals surface area contributed by atoms with Gasteiger partial charge in [0.15, 0.2) is 0 Å². The van der Waals surface area contributed by atoms with Crippen LogP contribution >= 0.6 is 0 Å². The molecule has 0 aliphatic carbocycles. The number of hydrogen-bond acceptors (Lipinski definition) is 5. The monoisotopic (exact) mass is 288 g/mol. The lowest BCUT2D eigenvalue weighted by Crippen LogP contribution is -2.53. The van der Waals surface area contributed by atoms with E-state index in [4.69, 9.17) is 9.47 Å². The molecule has 0 rings (SSSR count). The van der Waals surface area contributed by atoms with Gasteiger partial charge in [-0.15, -0.1) is 0 Å². The zero-order valence-corrected chi connectivity index (χ0v) is 14.0. The second-order valence-corrected chi connectivity index (χ2v) is 5.27. The molecule has 1 N–H and O–H groups in total. The van der Waals surface area contributed by atoms with Crippen LogP contribution in [0.1, 0.15) is 41.0 Å². The molecule has 0 aromatic heterocycles. The first-order chi connectivity index (χ1) is 9.45. The maximum Gasteiger partial charge on any atom is 0.326 e. The van der Waals surface area contributed by atoms with Crippen LogP contribution in [0, 0.1) is 0 Å². The zero-order valence-electron chi connectivity index (χ0n) is 14.0. The number of hydrogen-bond donors (Lipinski definition) is 1. The molecule has 0 saturated heterocycles. The second-order valence-electron chi connectivity index (χ2n) is 5.27. The van der Waals surface area contributed by atoms with Crippen molar-refractivity contribution in [1.29, 1.82) is 0 Å². The van der Waals surface area contributed by atoms with E-state index in [1.807, 2.05) is 20.8 Å². The van der Waals surface area contributed by atoms with E-state index >= 15 is 0 Å². The van der Waals surface area contributed by atoms with E-state index in [1.54, 1.807) is 7.11 Å². The Balaban J connectivity index is 4.61. The van der Waals surface area contributed by atoms with Crippen molar-refractivity contribution in [2.75, 3.05) is 40.0 Å². The number of ether oxygens (including phenoxy) is 2. The SMILES string of the molecule is CCNC(C)(CCN(CC)C(C)COC)C(=O)OCC. The number of esters is 1. The van der Waals surface area contributed by atoms with Crippen LogP contribution in [-0.4, -0.2) is 62.4 Å². The Hall–Kier alpha value is -0.650. The van der Waals surface area contributed by atoms with Crippen LogP contribution in [0.25, 0.3) is 0 Å². The fraction of sp³-hybridized carbons (Fsp3) is 0.933. The molecule has 120 valence electrons. The molecule has 0 amide bonds.